The van der Waals surface area contributed by atoms with Crippen LogP contribution in [0.15, 0.2) is 42.0 Å². The van der Waals surface area contributed by atoms with Crippen LogP contribution < -0.4 is 0 Å². The molecule has 252 valence electrons. The van der Waals surface area contributed by atoms with E-state index in [-0.39, 0.29) is 51.3 Å². The molecular weight excluding hydrogens is 576 g/mol. The van der Waals surface area contributed by atoms with E-state index in [1.54, 1.807) is 30.3 Å². The van der Waals surface area contributed by atoms with Gasteiger partial charge in [0.2, 0.25) is 0 Å². The number of aromatic hydroxyl groups is 1. The van der Waals surface area contributed by atoms with Gasteiger partial charge in [-0.25, -0.2) is 4.79 Å². The molecule has 0 heterocycles. The van der Waals surface area contributed by atoms with Gasteiger partial charge in [-0.15, -0.1) is 0 Å². The average molecular weight is 633 g/mol. The van der Waals surface area contributed by atoms with Crippen molar-refractivity contribution in [3.63, 3.8) is 0 Å². The summed E-state index contributed by atoms with van der Waals surface area (Å²) in [5, 5.41) is 31.5. The number of carbonyl (C=O) groups is 2. The third kappa shape index (κ3) is 4.82. The molecule has 10 atom stereocenters. The molecule has 6 rings (SSSR count). The number of hydrogen-bond donors (Lipinski definition) is 3. The number of phenols is 1. The van der Waals surface area contributed by atoms with Crippen molar-refractivity contribution in [3.05, 3.63) is 47.6 Å². The lowest BCUT2D eigenvalue weighted by Crippen LogP contribution is -2.66. The van der Waals surface area contributed by atoms with Gasteiger partial charge in [0.25, 0.3) is 0 Å². The molecule has 1 aromatic rings. The standard InChI is InChI=1S/C40H56O6/c1-25-15-20-39(35(44)45)21-22-40(23-24-46-33(43)14-9-27-7-10-28(41)11-8-27)29(34(39)26(25)2)12-13-31-37(5)18-17-32(42)36(3,4)30(37)16-19-38(31,40)6/h7-12,14,25-26,30-32,34,41-42H,13,15-24H2,1-6H3,(H,44,45)/b14-9-/t25-,26+,30+,31+,32+,34+,37+,38-,39+,40+/m1/s1. The van der Waals surface area contributed by atoms with Gasteiger partial charge in [-0.05, 0) is 134 Å². The number of carboxylic acids is 1. The van der Waals surface area contributed by atoms with E-state index in [4.69, 9.17) is 4.74 Å². The zero-order valence-electron chi connectivity index (χ0n) is 28.9. The molecule has 46 heavy (non-hydrogen) atoms. The van der Waals surface area contributed by atoms with Crippen molar-refractivity contribution >= 4 is 18.0 Å². The first-order chi connectivity index (χ1) is 21.6. The van der Waals surface area contributed by atoms with Crippen LogP contribution in [0.4, 0.5) is 0 Å². The molecule has 0 radical (unpaired) electrons. The Hall–Kier alpha value is -2.60. The third-order valence-electron chi connectivity index (χ3n) is 15.1. The van der Waals surface area contributed by atoms with Gasteiger partial charge in [0.05, 0.1) is 18.1 Å². The second-order valence-corrected chi connectivity index (χ2v) is 17.1. The number of carbonyl (C=O) groups excluding carboxylic acids is 1. The summed E-state index contributed by atoms with van der Waals surface area (Å²) in [6.07, 6.45) is 14.1. The first-order valence-electron chi connectivity index (χ1n) is 17.9. The van der Waals surface area contributed by atoms with Crippen LogP contribution in [0, 0.1) is 56.7 Å². The fourth-order valence-electron chi connectivity index (χ4n) is 12.3. The van der Waals surface area contributed by atoms with Gasteiger partial charge in [0.15, 0.2) is 0 Å². The fourth-order valence-corrected chi connectivity index (χ4v) is 12.3. The zero-order chi connectivity index (χ0) is 33.3. The van der Waals surface area contributed by atoms with Crippen molar-refractivity contribution in [1.29, 1.82) is 0 Å². The van der Waals surface area contributed by atoms with Gasteiger partial charge < -0.3 is 20.1 Å². The largest absolute Gasteiger partial charge is 0.508 e. The van der Waals surface area contributed by atoms with Gasteiger partial charge in [0.1, 0.15) is 5.75 Å². The Balaban J connectivity index is 1.37. The minimum absolute atomic E-state index is 0.0134. The highest BCUT2D eigenvalue weighted by atomic mass is 16.5. The molecule has 1 aromatic carbocycles. The Bertz CT molecular complexity index is 1410. The summed E-state index contributed by atoms with van der Waals surface area (Å²) >= 11 is 0. The number of allylic oxidation sites excluding steroid dienone is 2. The van der Waals surface area contributed by atoms with E-state index in [2.05, 4.69) is 47.6 Å². The minimum atomic E-state index is -0.730. The first kappa shape index (κ1) is 33.3. The Morgan fingerprint density at radius 3 is 2.35 bits per heavy atom. The second kappa shape index (κ2) is 11.5. The molecule has 0 aliphatic heterocycles. The Morgan fingerprint density at radius 2 is 1.65 bits per heavy atom. The van der Waals surface area contributed by atoms with Gasteiger partial charge in [0, 0.05) is 11.5 Å². The second-order valence-electron chi connectivity index (χ2n) is 17.1. The number of aliphatic hydroxyl groups excluding tert-OH is 1. The van der Waals surface area contributed by atoms with Crippen molar-refractivity contribution < 1.29 is 29.6 Å². The van der Waals surface area contributed by atoms with Gasteiger partial charge in [-0.2, -0.15) is 0 Å². The number of hydrogen-bond acceptors (Lipinski definition) is 5. The molecule has 6 nitrogen and oxygen atoms in total. The maximum Gasteiger partial charge on any atom is 0.330 e. The lowest BCUT2D eigenvalue weighted by molar-refractivity contribution is -0.212. The topological polar surface area (TPSA) is 104 Å². The normalized spacial score (nSPS) is 43.0. The summed E-state index contributed by atoms with van der Waals surface area (Å²) in [4.78, 5) is 26.2. The van der Waals surface area contributed by atoms with Crippen LogP contribution in [-0.4, -0.2) is 40.0 Å². The maximum atomic E-state index is 13.2. The Labute approximate surface area is 275 Å². The molecule has 0 amide bonds. The number of ether oxygens (including phenoxy) is 1. The number of benzene rings is 1. The number of aliphatic hydroxyl groups is 1. The highest BCUT2D eigenvalue weighted by Gasteiger charge is 2.70. The van der Waals surface area contributed by atoms with E-state index in [1.807, 2.05) is 0 Å². The van der Waals surface area contributed by atoms with Crippen molar-refractivity contribution in [2.24, 2.45) is 56.7 Å². The predicted molar refractivity (Wildman–Crippen MR) is 180 cm³/mol. The lowest BCUT2D eigenvalue weighted by Gasteiger charge is -2.72. The maximum absolute atomic E-state index is 13.2. The summed E-state index contributed by atoms with van der Waals surface area (Å²) < 4.78 is 5.94. The highest BCUT2D eigenvalue weighted by Crippen LogP contribution is 2.76. The summed E-state index contributed by atoms with van der Waals surface area (Å²) in [5.74, 6) is 0.697. The first-order valence-corrected chi connectivity index (χ1v) is 17.9. The van der Waals surface area contributed by atoms with E-state index in [0.29, 0.717) is 37.2 Å². The summed E-state index contributed by atoms with van der Waals surface area (Å²) in [5.41, 5.74) is 1.03. The molecule has 0 saturated heterocycles. The predicted octanol–water partition coefficient (Wildman–Crippen LogP) is 8.42. The Morgan fingerprint density at radius 1 is 0.935 bits per heavy atom. The quantitative estimate of drug-likeness (QED) is 0.165. The van der Waals surface area contributed by atoms with Gasteiger partial charge in [-0.3, -0.25) is 4.79 Å². The van der Waals surface area contributed by atoms with Crippen LogP contribution in [-0.2, 0) is 14.3 Å². The van der Waals surface area contributed by atoms with Crippen molar-refractivity contribution in [2.75, 3.05) is 6.61 Å². The third-order valence-corrected chi connectivity index (χ3v) is 15.1. The Kier molecular flexibility index (Phi) is 8.35. The summed E-state index contributed by atoms with van der Waals surface area (Å²) in [6.45, 7) is 14.4. The minimum Gasteiger partial charge on any atom is -0.508 e. The molecule has 5 aliphatic carbocycles. The molecular formula is C40H56O6. The monoisotopic (exact) mass is 632 g/mol. The summed E-state index contributed by atoms with van der Waals surface area (Å²) in [6, 6.07) is 6.69. The van der Waals surface area contributed by atoms with E-state index in [9.17, 15) is 24.9 Å². The molecule has 0 aromatic heterocycles. The lowest BCUT2D eigenvalue weighted by atomic mass is 9.32. The van der Waals surface area contributed by atoms with Crippen molar-refractivity contribution in [1.82, 2.24) is 0 Å². The fraction of sp³-hybridized carbons (Fsp3) is 0.700. The summed E-state index contributed by atoms with van der Waals surface area (Å²) in [7, 11) is 0. The number of phenolic OH excluding ortho intramolecular Hbond substituents is 1. The number of esters is 1. The molecule has 4 fully saturated rings. The molecule has 4 saturated carbocycles. The molecule has 0 unspecified atom stereocenters. The number of carboxylic acid groups (broad SMARTS) is 1. The smallest absolute Gasteiger partial charge is 0.330 e. The average Bonchev–Trinajstić information content (AvgIpc) is 3.00. The van der Waals surface area contributed by atoms with E-state index in [1.165, 1.54) is 11.6 Å². The van der Waals surface area contributed by atoms with E-state index < -0.39 is 11.4 Å². The van der Waals surface area contributed by atoms with Gasteiger partial charge >= 0.3 is 11.9 Å². The molecule has 3 N–H and O–H groups in total. The van der Waals surface area contributed by atoms with Gasteiger partial charge in [-0.1, -0.05) is 65.3 Å². The molecule has 0 spiro atoms. The molecule has 6 heteroatoms. The van der Waals surface area contributed by atoms with E-state index >= 15 is 0 Å². The number of rotatable bonds is 6. The number of aliphatic carboxylic acids is 1. The van der Waals surface area contributed by atoms with Crippen molar-refractivity contribution in [2.45, 2.75) is 112 Å². The van der Waals surface area contributed by atoms with Crippen LogP contribution in [0.5, 0.6) is 5.75 Å². The highest BCUT2D eigenvalue weighted by molar-refractivity contribution is 5.87. The van der Waals surface area contributed by atoms with Crippen molar-refractivity contribution in [3.8, 4) is 5.75 Å². The SMILES string of the molecule is C[C@H]1[C@H](C)CC[C@]2(C(=O)O)CC[C@]3(CCOC(=O)/C=C\c4ccc(O)cc4)C(=CC[C@H]4[C@@]5(C)CC[C@H](O)C(C)(C)[C@@H]5CC[C@]43C)[C@H]12. The van der Waals surface area contributed by atoms with Crippen LogP contribution >= 0.6 is 0 Å². The van der Waals surface area contributed by atoms with E-state index in [0.717, 1.165) is 56.9 Å². The molecule has 0 bridgehead atoms. The molecule has 5 aliphatic rings. The van der Waals surface area contributed by atoms with Crippen LogP contribution in [0.3, 0.4) is 0 Å². The zero-order valence-corrected chi connectivity index (χ0v) is 28.9. The van der Waals surface area contributed by atoms with Crippen LogP contribution in [0.2, 0.25) is 0 Å². The van der Waals surface area contributed by atoms with Crippen LogP contribution in [0.25, 0.3) is 6.08 Å². The number of fused-ring (bicyclic) bond motifs is 7. The van der Waals surface area contributed by atoms with Crippen LogP contribution in [0.1, 0.15) is 111 Å².